The van der Waals surface area contributed by atoms with Crippen molar-refractivity contribution < 1.29 is 14.9 Å². The van der Waals surface area contributed by atoms with Gasteiger partial charge in [-0.3, -0.25) is 0 Å². The van der Waals surface area contributed by atoms with Crippen molar-refractivity contribution in [2.75, 3.05) is 13.7 Å². The maximum atomic E-state index is 9.77. The highest BCUT2D eigenvalue weighted by Crippen LogP contribution is 2.32. The number of nitrogens with one attached hydrogen (secondary N) is 1. The summed E-state index contributed by atoms with van der Waals surface area (Å²) in [5, 5.41) is 23.0. The van der Waals surface area contributed by atoms with Crippen molar-refractivity contribution in [1.29, 1.82) is 0 Å². The Bertz CT molecular complexity index is 429. The molecule has 0 heterocycles. The summed E-state index contributed by atoms with van der Waals surface area (Å²) in [5.41, 5.74) is 0.423. The quantitative estimate of drug-likeness (QED) is 0.763. The van der Waals surface area contributed by atoms with Crippen LogP contribution in [0.2, 0.25) is 0 Å². The van der Waals surface area contributed by atoms with Gasteiger partial charge in [0.1, 0.15) is 0 Å². The molecule has 106 valence electrons. The molecule has 1 aromatic rings. The van der Waals surface area contributed by atoms with Crippen LogP contribution in [0.15, 0.2) is 18.2 Å². The van der Waals surface area contributed by atoms with Crippen LogP contribution in [0, 0.1) is 0 Å². The Morgan fingerprint density at radius 2 is 2.05 bits per heavy atom. The molecule has 0 spiro atoms. The van der Waals surface area contributed by atoms with Crippen LogP contribution < -0.4 is 10.1 Å². The molecule has 19 heavy (non-hydrogen) atoms. The Morgan fingerprint density at radius 3 is 2.63 bits per heavy atom. The molecular weight excluding hydrogens is 242 g/mol. The van der Waals surface area contributed by atoms with Gasteiger partial charge in [0.2, 0.25) is 0 Å². The Kier molecular flexibility index (Phi) is 4.32. The van der Waals surface area contributed by atoms with Crippen LogP contribution in [0.5, 0.6) is 11.5 Å². The SMILES string of the molecule is COc1cc(C(C)(CO)NC2CCCC2)ccc1O. The summed E-state index contributed by atoms with van der Waals surface area (Å²) in [5.74, 6) is 0.554. The number of hydrogen-bond acceptors (Lipinski definition) is 4. The van der Waals surface area contributed by atoms with Crippen LogP contribution in [0.3, 0.4) is 0 Å². The van der Waals surface area contributed by atoms with Crippen molar-refractivity contribution in [3.63, 3.8) is 0 Å². The first-order chi connectivity index (χ1) is 9.09. The Hall–Kier alpha value is -1.26. The van der Waals surface area contributed by atoms with Gasteiger partial charge in [-0.2, -0.15) is 0 Å². The average molecular weight is 265 g/mol. The molecule has 1 saturated carbocycles. The first-order valence-corrected chi connectivity index (χ1v) is 6.85. The normalized spacial score (nSPS) is 19.3. The fourth-order valence-electron chi connectivity index (χ4n) is 2.76. The number of aliphatic hydroxyl groups excluding tert-OH is 1. The van der Waals surface area contributed by atoms with Gasteiger partial charge >= 0.3 is 0 Å². The van der Waals surface area contributed by atoms with Crippen LogP contribution in [0.1, 0.15) is 38.2 Å². The summed E-state index contributed by atoms with van der Waals surface area (Å²) in [6.45, 7) is 1.99. The predicted octanol–water partition coefficient (Wildman–Crippen LogP) is 2.14. The van der Waals surface area contributed by atoms with Gasteiger partial charge in [-0.05, 0) is 37.5 Å². The Balaban J connectivity index is 2.23. The van der Waals surface area contributed by atoms with Gasteiger partial charge in [0.15, 0.2) is 11.5 Å². The van der Waals surface area contributed by atoms with Gasteiger partial charge < -0.3 is 20.3 Å². The average Bonchev–Trinajstić information content (AvgIpc) is 2.91. The van der Waals surface area contributed by atoms with E-state index in [-0.39, 0.29) is 12.4 Å². The zero-order valence-corrected chi connectivity index (χ0v) is 11.6. The van der Waals surface area contributed by atoms with Gasteiger partial charge in [-0.1, -0.05) is 18.9 Å². The molecule has 3 N–H and O–H groups in total. The lowest BCUT2D eigenvalue weighted by Crippen LogP contribution is -2.47. The summed E-state index contributed by atoms with van der Waals surface area (Å²) >= 11 is 0. The van der Waals surface area contributed by atoms with Crippen LogP contribution in [-0.4, -0.2) is 30.0 Å². The standard InChI is InChI=1S/C15H23NO3/c1-15(10-17,16-12-5-3-4-6-12)11-7-8-13(18)14(9-11)19-2/h7-9,12,16-18H,3-6,10H2,1-2H3. The van der Waals surface area contributed by atoms with Crippen molar-refractivity contribution in [1.82, 2.24) is 5.32 Å². The van der Waals surface area contributed by atoms with Gasteiger partial charge in [0, 0.05) is 6.04 Å². The second-order valence-corrected chi connectivity index (χ2v) is 5.50. The number of aliphatic hydroxyl groups is 1. The van der Waals surface area contributed by atoms with Gasteiger partial charge in [0.05, 0.1) is 19.3 Å². The van der Waals surface area contributed by atoms with E-state index in [4.69, 9.17) is 4.74 Å². The number of methoxy groups -OCH3 is 1. The molecule has 0 bridgehead atoms. The van der Waals surface area contributed by atoms with E-state index in [0.717, 1.165) is 18.4 Å². The van der Waals surface area contributed by atoms with E-state index in [1.165, 1.54) is 20.0 Å². The number of rotatable bonds is 5. The fourth-order valence-corrected chi connectivity index (χ4v) is 2.76. The lowest BCUT2D eigenvalue weighted by Gasteiger charge is -2.33. The van der Waals surface area contributed by atoms with Gasteiger partial charge in [-0.15, -0.1) is 0 Å². The minimum Gasteiger partial charge on any atom is -0.504 e. The molecule has 0 amide bonds. The van der Waals surface area contributed by atoms with Crippen LogP contribution in [-0.2, 0) is 5.54 Å². The maximum Gasteiger partial charge on any atom is 0.160 e. The van der Waals surface area contributed by atoms with E-state index in [0.29, 0.717) is 11.8 Å². The zero-order valence-electron chi connectivity index (χ0n) is 11.6. The van der Waals surface area contributed by atoms with Crippen molar-refractivity contribution in [3.8, 4) is 11.5 Å². The van der Waals surface area contributed by atoms with Crippen LogP contribution in [0.4, 0.5) is 0 Å². The number of ether oxygens (including phenoxy) is 1. The minimum atomic E-state index is -0.504. The summed E-state index contributed by atoms with van der Waals surface area (Å²) in [6.07, 6.45) is 4.81. The third kappa shape index (κ3) is 3.01. The molecule has 4 nitrogen and oxygen atoms in total. The smallest absolute Gasteiger partial charge is 0.160 e. The largest absolute Gasteiger partial charge is 0.504 e. The van der Waals surface area contributed by atoms with Crippen molar-refractivity contribution in [2.45, 2.75) is 44.2 Å². The fraction of sp³-hybridized carbons (Fsp3) is 0.600. The molecule has 0 aliphatic heterocycles. The first-order valence-electron chi connectivity index (χ1n) is 6.85. The summed E-state index contributed by atoms with van der Waals surface area (Å²) in [4.78, 5) is 0. The molecule has 1 aliphatic carbocycles. The first kappa shape index (κ1) is 14.2. The van der Waals surface area contributed by atoms with Crippen molar-refractivity contribution in [2.24, 2.45) is 0 Å². The maximum absolute atomic E-state index is 9.77. The van der Waals surface area contributed by atoms with E-state index < -0.39 is 5.54 Å². The van der Waals surface area contributed by atoms with Crippen LogP contribution in [0.25, 0.3) is 0 Å². The molecule has 1 aliphatic rings. The third-order valence-corrected chi connectivity index (χ3v) is 4.01. The van der Waals surface area contributed by atoms with E-state index in [1.54, 1.807) is 12.1 Å². The molecule has 0 aromatic heterocycles. The number of benzene rings is 1. The monoisotopic (exact) mass is 265 g/mol. The predicted molar refractivity (Wildman–Crippen MR) is 74.5 cm³/mol. The molecular formula is C15H23NO3. The summed E-state index contributed by atoms with van der Waals surface area (Å²) in [6, 6.07) is 5.68. The highest BCUT2D eigenvalue weighted by molar-refractivity contribution is 5.44. The van der Waals surface area contributed by atoms with Gasteiger partial charge in [-0.25, -0.2) is 0 Å². The number of hydrogen-bond donors (Lipinski definition) is 3. The zero-order chi connectivity index (χ0) is 13.9. The molecule has 1 aromatic carbocycles. The molecule has 0 saturated heterocycles. The van der Waals surface area contributed by atoms with E-state index in [9.17, 15) is 10.2 Å². The second-order valence-electron chi connectivity index (χ2n) is 5.50. The molecule has 1 fully saturated rings. The molecule has 1 atom stereocenters. The second kappa shape index (κ2) is 5.80. The highest BCUT2D eigenvalue weighted by atomic mass is 16.5. The Morgan fingerprint density at radius 1 is 1.37 bits per heavy atom. The van der Waals surface area contributed by atoms with Crippen molar-refractivity contribution >= 4 is 0 Å². The minimum absolute atomic E-state index is 0.0113. The number of phenols is 1. The summed E-state index contributed by atoms with van der Waals surface area (Å²) < 4.78 is 5.14. The van der Waals surface area contributed by atoms with E-state index in [2.05, 4.69) is 5.32 Å². The Labute approximate surface area is 114 Å². The third-order valence-electron chi connectivity index (χ3n) is 4.01. The molecule has 1 unspecified atom stereocenters. The van der Waals surface area contributed by atoms with E-state index >= 15 is 0 Å². The highest BCUT2D eigenvalue weighted by Gasteiger charge is 2.30. The number of phenolic OH excluding ortho intramolecular Hbond substituents is 1. The number of aromatic hydroxyl groups is 1. The topological polar surface area (TPSA) is 61.7 Å². The van der Waals surface area contributed by atoms with Crippen molar-refractivity contribution in [3.05, 3.63) is 23.8 Å². The van der Waals surface area contributed by atoms with E-state index in [1.807, 2.05) is 13.0 Å². The molecule has 4 heteroatoms. The molecule has 0 radical (unpaired) electrons. The lowest BCUT2D eigenvalue weighted by atomic mass is 9.91. The summed E-state index contributed by atoms with van der Waals surface area (Å²) in [7, 11) is 1.53. The lowest BCUT2D eigenvalue weighted by molar-refractivity contribution is 0.161. The van der Waals surface area contributed by atoms with Crippen LogP contribution >= 0.6 is 0 Å². The molecule has 2 rings (SSSR count). The van der Waals surface area contributed by atoms with Gasteiger partial charge in [0.25, 0.3) is 0 Å².